The molecular formula is C12H21N3O. The van der Waals surface area contributed by atoms with Crippen molar-refractivity contribution in [2.24, 2.45) is 0 Å². The van der Waals surface area contributed by atoms with E-state index in [0.29, 0.717) is 6.54 Å². The van der Waals surface area contributed by atoms with E-state index in [1.165, 1.54) is 0 Å². The van der Waals surface area contributed by atoms with Crippen LogP contribution in [0, 0.1) is 11.3 Å². The molecule has 1 fully saturated rings. The summed E-state index contributed by atoms with van der Waals surface area (Å²) >= 11 is 0. The second-order valence-corrected chi connectivity index (χ2v) is 5.17. The van der Waals surface area contributed by atoms with E-state index in [2.05, 4.69) is 39.1 Å². The van der Waals surface area contributed by atoms with E-state index in [1.54, 1.807) is 0 Å². The number of nitriles is 1. The normalized spacial score (nSPS) is 26.3. The molecule has 1 heterocycles. The molecule has 2 unspecified atom stereocenters. The molecule has 1 saturated heterocycles. The second-order valence-electron chi connectivity index (χ2n) is 5.17. The highest BCUT2D eigenvalue weighted by atomic mass is 16.2. The van der Waals surface area contributed by atoms with Crippen molar-refractivity contribution in [3.63, 3.8) is 0 Å². The lowest BCUT2D eigenvalue weighted by molar-refractivity contribution is -0.141. The number of amides is 1. The van der Waals surface area contributed by atoms with Gasteiger partial charge < -0.3 is 4.90 Å². The molecule has 16 heavy (non-hydrogen) atoms. The van der Waals surface area contributed by atoms with Gasteiger partial charge in [-0.2, -0.15) is 5.26 Å². The van der Waals surface area contributed by atoms with Crippen LogP contribution in [0.15, 0.2) is 0 Å². The number of carbonyl (C=O) groups is 1. The zero-order valence-electron chi connectivity index (χ0n) is 10.6. The van der Waals surface area contributed by atoms with E-state index in [9.17, 15) is 4.79 Å². The Kier molecular flexibility index (Phi) is 3.93. The van der Waals surface area contributed by atoms with Crippen molar-refractivity contribution in [2.75, 3.05) is 6.54 Å². The SMILES string of the molecule is CCC(C)N1CC(C)(C)NC(CC#N)C1=O. The quantitative estimate of drug-likeness (QED) is 0.784. The van der Waals surface area contributed by atoms with Crippen LogP contribution in [0.25, 0.3) is 0 Å². The Morgan fingerprint density at radius 2 is 2.31 bits per heavy atom. The number of hydrogen-bond donors (Lipinski definition) is 1. The van der Waals surface area contributed by atoms with Crippen LogP contribution in [0.5, 0.6) is 0 Å². The Morgan fingerprint density at radius 3 is 2.81 bits per heavy atom. The van der Waals surface area contributed by atoms with Crippen LogP contribution in [-0.2, 0) is 4.79 Å². The maximum Gasteiger partial charge on any atom is 0.241 e. The largest absolute Gasteiger partial charge is 0.337 e. The Morgan fingerprint density at radius 1 is 1.69 bits per heavy atom. The first-order valence-electron chi connectivity index (χ1n) is 5.86. The van der Waals surface area contributed by atoms with Crippen LogP contribution in [0.3, 0.4) is 0 Å². The highest BCUT2D eigenvalue weighted by molar-refractivity contribution is 5.83. The Hall–Kier alpha value is -1.08. The lowest BCUT2D eigenvalue weighted by Gasteiger charge is -2.45. The van der Waals surface area contributed by atoms with Crippen LogP contribution in [-0.4, -0.2) is 35.0 Å². The third kappa shape index (κ3) is 2.73. The summed E-state index contributed by atoms with van der Waals surface area (Å²) < 4.78 is 0. The van der Waals surface area contributed by atoms with Gasteiger partial charge >= 0.3 is 0 Å². The number of nitrogens with zero attached hydrogens (tertiary/aromatic N) is 2. The summed E-state index contributed by atoms with van der Waals surface area (Å²) in [6, 6.07) is 1.97. The molecule has 0 aromatic rings. The standard InChI is InChI=1S/C12H21N3O/c1-5-9(2)15-8-12(3,4)14-10(6-7-13)11(15)16/h9-10,14H,5-6,8H2,1-4H3. The van der Waals surface area contributed by atoms with E-state index in [0.717, 1.165) is 6.42 Å². The van der Waals surface area contributed by atoms with Crippen LogP contribution >= 0.6 is 0 Å². The molecule has 0 aromatic heterocycles. The average molecular weight is 223 g/mol. The molecule has 0 aromatic carbocycles. The molecule has 4 nitrogen and oxygen atoms in total. The van der Waals surface area contributed by atoms with E-state index in [4.69, 9.17) is 5.26 Å². The smallest absolute Gasteiger partial charge is 0.241 e. The highest BCUT2D eigenvalue weighted by Gasteiger charge is 2.39. The zero-order chi connectivity index (χ0) is 12.3. The van der Waals surface area contributed by atoms with Crippen molar-refractivity contribution in [2.45, 2.75) is 58.2 Å². The van der Waals surface area contributed by atoms with Crippen molar-refractivity contribution in [1.29, 1.82) is 5.26 Å². The number of hydrogen-bond acceptors (Lipinski definition) is 3. The minimum atomic E-state index is -0.345. The number of piperazine rings is 1. The van der Waals surface area contributed by atoms with E-state index >= 15 is 0 Å². The van der Waals surface area contributed by atoms with Crippen LogP contribution in [0.4, 0.5) is 0 Å². The minimum Gasteiger partial charge on any atom is -0.337 e. The lowest BCUT2D eigenvalue weighted by Crippen LogP contribution is -2.66. The molecular weight excluding hydrogens is 202 g/mol. The third-order valence-electron chi connectivity index (χ3n) is 3.13. The van der Waals surface area contributed by atoms with E-state index in [-0.39, 0.29) is 30.0 Å². The van der Waals surface area contributed by atoms with E-state index < -0.39 is 0 Å². The second kappa shape index (κ2) is 4.84. The van der Waals surface area contributed by atoms with Gasteiger partial charge in [0.1, 0.15) is 6.04 Å². The average Bonchev–Trinajstić information content (AvgIpc) is 2.22. The van der Waals surface area contributed by atoms with Crippen molar-refractivity contribution in [3.8, 4) is 6.07 Å². The third-order valence-corrected chi connectivity index (χ3v) is 3.13. The molecule has 90 valence electrons. The predicted molar refractivity (Wildman–Crippen MR) is 62.7 cm³/mol. The maximum atomic E-state index is 12.1. The fourth-order valence-electron chi connectivity index (χ4n) is 2.11. The Balaban J connectivity index is 2.85. The van der Waals surface area contributed by atoms with Gasteiger partial charge in [0.15, 0.2) is 0 Å². The first-order chi connectivity index (χ1) is 7.41. The van der Waals surface area contributed by atoms with Crippen LogP contribution in [0.1, 0.15) is 40.5 Å². The first kappa shape index (κ1) is 13.0. The summed E-state index contributed by atoms with van der Waals surface area (Å²) in [4.78, 5) is 14.0. The molecule has 1 aliphatic heterocycles. The van der Waals surface area contributed by atoms with Gasteiger partial charge in [0.2, 0.25) is 5.91 Å². The van der Waals surface area contributed by atoms with Gasteiger partial charge in [0.25, 0.3) is 0 Å². The summed E-state index contributed by atoms with van der Waals surface area (Å²) in [5.74, 6) is 0.0650. The monoisotopic (exact) mass is 223 g/mol. The van der Waals surface area contributed by atoms with Crippen molar-refractivity contribution >= 4 is 5.91 Å². The Labute approximate surface area is 97.6 Å². The van der Waals surface area contributed by atoms with Gasteiger partial charge in [0, 0.05) is 18.1 Å². The van der Waals surface area contributed by atoms with E-state index in [1.807, 2.05) is 4.90 Å². The van der Waals surface area contributed by atoms with Crippen molar-refractivity contribution in [1.82, 2.24) is 10.2 Å². The van der Waals surface area contributed by atoms with Gasteiger partial charge in [-0.15, -0.1) is 0 Å². The molecule has 0 bridgehead atoms. The summed E-state index contributed by atoms with van der Waals surface area (Å²) in [5.41, 5.74) is -0.112. The van der Waals surface area contributed by atoms with Crippen molar-refractivity contribution < 1.29 is 4.79 Å². The molecule has 0 radical (unpaired) electrons. The van der Waals surface area contributed by atoms with Gasteiger partial charge in [-0.1, -0.05) is 6.92 Å². The summed E-state index contributed by atoms with van der Waals surface area (Å²) in [5, 5.41) is 12.0. The van der Waals surface area contributed by atoms with Gasteiger partial charge in [-0.3, -0.25) is 10.1 Å². The highest BCUT2D eigenvalue weighted by Crippen LogP contribution is 2.20. The molecule has 0 saturated carbocycles. The minimum absolute atomic E-state index is 0.0650. The van der Waals surface area contributed by atoms with Crippen LogP contribution < -0.4 is 5.32 Å². The van der Waals surface area contributed by atoms with Gasteiger partial charge in [-0.05, 0) is 27.2 Å². The Bertz CT molecular complexity index is 306. The molecule has 0 aliphatic carbocycles. The molecule has 1 amide bonds. The topological polar surface area (TPSA) is 56.1 Å². The fraction of sp³-hybridized carbons (Fsp3) is 0.833. The van der Waals surface area contributed by atoms with Gasteiger partial charge in [0.05, 0.1) is 12.5 Å². The maximum absolute atomic E-state index is 12.1. The zero-order valence-corrected chi connectivity index (χ0v) is 10.6. The lowest BCUT2D eigenvalue weighted by atomic mass is 9.95. The van der Waals surface area contributed by atoms with Crippen LogP contribution in [0.2, 0.25) is 0 Å². The molecule has 4 heteroatoms. The summed E-state index contributed by atoms with van der Waals surface area (Å²) in [6.45, 7) is 8.98. The van der Waals surface area contributed by atoms with Crippen molar-refractivity contribution in [3.05, 3.63) is 0 Å². The van der Waals surface area contributed by atoms with Gasteiger partial charge in [-0.25, -0.2) is 0 Å². The fourth-order valence-corrected chi connectivity index (χ4v) is 2.11. The summed E-state index contributed by atoms with van der Waals surface area (Å²) in [6.07, 6.45) is 1.19. The molecule has 1 N–H and O–H groups in total. The molecule has 1 rings (SSSR count). The molecule has 0 spiro atoms. The summed E-state index contributed by atoms with van der Waals surface area (Å²) in [7, 11) is 0. The molecule has 1 aliphatic rings. The number of rotatable bonds is 3. The number of carbonyl (C=O) groups excluding carboxylic acids is 1. The predicted octanol–water partition coefficient (Wildman–Crippen LogP) is 1.28. The first-order valence-corrected chi connectivity index (χ1v) is 5.86. The number of nitrogens with one attached hydrogen (secondary N) is 1. The molecule has 2 atom stereocenters.